The van der Waals surface area contributed by atoms with Crippen LogP contribution in [0.2, 0.25) is 0 Å². The fraction of sp³-hybridized carbons (Fsp3) is 0.600. The molecule has 0 fully saturated rings. The van der Waals surface area contributed by atoms with Gasteiger partial charge in [-0.2, -0.15) is 0 Å². The van der Waals surface area contributed by atoms with Gasteiger partial charge in [0.15, 0.2) is 0 Å². The lowest BCUT2D eigenvalue weighted by Gasteiger charge is -1.87. The zero-order valence-corrected chi connectivity index (χ0v) is 6.85. The molecule has 0 spiro atoms. The second kappa shape index (κ2) is 4.24. The van der Waals surface area contributed by atoms with Gasteiger partial charge >= 0.3 is 0 Å². The van der Waals surface area contributed by atoms with Crippen molar-refractivity contribution in [3.05, 3.63) is 11.9 Å². The smallest absolute Gasteiger partial charge is 0.0964 e. The molecule has 0 saturated heterocycles. The number of hydrogen-bond acceptors (Lipinski definition) is 3. The van der Waals surface area contributed by atoms with Crippen LogP contribution in [0.5, 0.6) is 0 Å². The first-order valence-corrected chi connectivity index (χ1v) is 2.82. The van der Waals surface area contributed by atoms with E-state index >= 15 is 0 Å². The Labute approximate surface area is 66.0 Å². The van der Waals surface area contributed by atoms with Gasteiger partial charge in [-0.05, 0) is 7.05 Å². The Kier molecular flexibility index (Phi) is 3.99. The molecule has 1 aromatic heterocycles. The van der Waals surface area contributed by atoms with Gasteiger partial charge in [0.1, 0.15) is 0 Å². The summed E-state index contributed by atoms with van der Waals surface area (Å²) in [5.74, 6) is 0. The maximum Gasteiger partial charge on any atom is 0.0964 e. The predicted molar refractivity (Wildman–Crippen MR) is 41.0 cm³/mol. The molecule has 0 aliphatic heterocycles. The molecule has 0 aromatic carbocycles. The van der Waals surface area contributed by atoms with Crippen molar-refractivity contribution in [2.45, 2.75) is 6.54 Å². The number of nitrogens with zero attached hydrogens (tertiary/aromatic N) is 3. The van der Waals surface area contributed by atoms with Gasteiger partial charge in [0.2, 0.25) is 0 Å². The van der Waals surface area contributed by atoms with Gasteiger partial charge in [0, 0.05) is 19.8 Å². The fourth-order valence-electron chi connectivity index (χ4n) is 0.657. The third-order valence-electron chi connectivity index (χ3n) is 1.01. The third kappa shape index (κ3) is 2.33. The van der Waals surface area contributed by atoms with Crippen LogP contribution >= 0.6 is 12.4 Å². The van der Waals surface area contributed by atoms with Crippen molar-refractivity contribution in [1.82, 2.24) is 20.3 Å². The lowest BCUT2D eigenvalue weighted by molar-refractivity contribution is 0.710. The second-order valence-electron chi connectivity index (χ2n) is 1.91. The molecule has 0 atom stereocenters. The molecule has 1 N–H and O–H groups in total. The van der Waals surface area contributed by atoms with Crippen molar-refractivity contribution in [3.63, 3.8) is 0 Å². The monoisotopic (exact) mass is 162 g/mol. The Morgan fingerprint density at radius 3 is 2.80 bits per heavy atom. The molecule has 4 nitrogen and oxygen atoms in total. The molecule has 0 unspecified atom stereocenters. The lowest BCUT2D eigenvalue weighted by atomic mass is 10.5. The molecule has 0 radical (unpaired) electrons. The number of nitrogens with one attached hydrogen (secondary N) is 1. The Morgan fingerprint density at radius 1 is 1.70 bits per heavy atom. The summed E-state index contributed by atoms with van der Waals surface area (Å²) in [6.45, 7) is 0.786. The van der Waals surface area contributed by atoms with Crippen LogP contribution in [0.3, 0.4) is 0 Å². The standard InChI is InChI=1S/C5H10N4.ClH/c1-6-3-5-4-9(2)8-7-5;/h4,6H,3H2,1-2H3;1H. The molecule has 1 aromatic rings. The van der Waals surface area contributed by atoms with Gasteiger partial charge in [-0.15, -0.1) is 17.5 Å². The van der Waals surface area contributed by atoms with Crippen LogP contribution in [0, 0.1) is 0 Å². The van der Waals surface area contributed by atoms with Crippen LogP contribution in [0.15, 0.2) is 6.20 Å². The average Bonchev–Trinajstić information content (AvgIpc) is 2.17. The SMILES string of the molecule is CNCc1cn(C)nn1.Cl. The van der Waals surface area contributed by atoms with E-state index in [1.807, 2.05) is 20.3 Å². The Hall–Kier alpha value is -0.610. The van der Waals surface area contributed by atoms with Crippen LogP contribution in [0.25, 0.3) is 0 Å². The van der Waals surface area contributed by atoms with E-state index in [-0.39, 0.29) is 12.4 Å². The van der Waals surface area contributed by atoms with E-state index in [0.717, 1.165) is 12.2 Å². The summed E-state index contributed by atoms with van der Waals surface area (Å²) in [4.78, 5) is 0. The molecule has 5 heteroatoms. The van der Waals surface area contributed by atoms with Crippen LogP contribution in [-0.2, 0) is 13.6 Å². The zero-order chi connectivity index (χ0) is 6.69. The highest BCUT2D eigenvalue weighted by Gasteiger charge is 1.92. The van der Waals surface area contributed by atoms with Crippen molar-refractivity contribution >= 4 is 12.4 Å². The first kappa shape index (κ1) is 9.39. The van der Waals surface area contributed by atoms with E-state index in [4.69, 9.17) is 0 Å². The van der Waals surface area contributed by atoms with Crippen LogP contribution < -0.4 is 5.32 Å². The van der Waals surface area contributed by atoms with Crippen LogP contribution in [0.1, 0.15) is 5.69 Å². The minimum atomic E-state index is 0. The maximum absolute atomic E-state index is 3.86. The zero-order valence-electron chi connectivity index (χ0n) is 6.03. The molecule has 58 valence electrons. The molecule has 10 heavy (non-hydrogen) atoms. The van der Waals surface area contributed by atoms with E-state index in [9.17, 15) is 0 Å². The summed E-state index contributed by atoms with van der Waals surface area (Å²) < 4.78 is 1.69. The molecule has 1 rings (SSSR count). The highest BCUT2D eigenvalue weighted by atomic mass is 35.5. The van der Waals surface area contributed by atoms with Crippen molar-refractivity contribution < 1.29 is 0 Å². The number of aryl methyl sites for hydroxylation is 1. The van der Waals surface area contributed by atoms with E-state index in [1.165, 1.54) is 0 Å². The van der Waals surface area contributed by atoms with Crippen LogP contribution in [-0.4, -0.2) is 22.0 Å². The van der Waals surface area contributed by atoms with Gasteiger partial charge in [0.25, 0.3) is 0 Å². The van der Waals surface area contributed by atoms with Crippen LogP contribution in [0.4, 0.5) is 0 Å². The molecule has 0 aliphatic carbocycles. The molecular formula is C5H11ClN4. The quantitative estimate of drug-likeness (QED) is 0.664. The summed E-state index contributed by atoms with van der Waals surface area (Å²) in [5.41, 5.74) is 0.972. The van der Waals surface area contributed by atoms with Gasteiger partial charge in [-0.1, -0.05) is 5.21 Å². The van der Waals surface area contributed by atoms with Gasteiger partial charge < -0.3 is 5.32 Å². The van der Waals surface area contributed by atoms with Crippen molar-refractivity contribution in [2.75, 3.05) is 7.05 Å². The van der Waals surface area contributed by atoms with Crippen molar-refractivity contribution in [1.29, 1.82) is 0 Å². The minimum Gasteiger partial charge on any atom is -0.314 e. The molecule has 0 saturated carbocycles. The Morgan fingerprint density at radius 2 is 2.40 bits per heavy atom. The van der Waals surface area contributed by atoms with E-state index in [2.05, 4.69) is 15.6 Å². The van der Waals surface area contributed by atoms with Gasteiger partial charge in [-0.3, -0.25) is 4.68 Å². The van der Waals surface area contributed by atoms with Gasteiger partial charge in [0.05, 0.1) is 5.69 Å². The molecule has 0 aliphatic rings. The third-order valence-corrected chi connectivity index (χ3v) is 1.01. The number of hydrogen-bond donors (Lipinski definition) is 1. The summed E-state index contributed by atoms with van der Waals surface area (Å²) >= 11 is 0. The molecule has 0 amide bonds. The fourth-order valence-corrected chi connectivity index (χ4v) is 0.657. The normalized spacial score (nSPS) is 9.00. The first-order chi connectivity index (χ1) is 4.33. The van der Waals surface area contributed by atoms with Crippen molar-refractivity contribution in [2.24, 2.45) is 7.05 Å². The lowest BCUT2D eigenvalue weighted by Crippen LogP contribution is -2.04. The first-order valence-electron chi connectivity index (χ1n) is 2.82. The summed E-state index contributed by atoms with van der Waals surface area (Å²) in [6, 6.07) is 0. The topological polar surface area (TPSA) is 42.7 Å². The summed E-state index contributed by atoms with van der Waals surface area (Å²) in [6.07, 6.45) is 1.89. The number of rotatable bonds is 2. The highest BCUT2D eigenvalue weighted by Crippen LogP contribution is 1.87. The molecule has 0 bridgehead atoms. The molecular weight excluding hydrogens is 152 g/mol. The summed E-state index contributed by atoms with van der Waals surface area (Å²) in [5, 5.41) is 10.6. The second-order valence-corrected chi connectivity index (χ2v) is 1.91. The number of halogens is 1. The van der Waals surface area contributed by atoms with Crippen molar-refractivity contribution in [3.8, 4) is 0 Å². The maximum atomic E-state index is 3.86. The van der Waals surface area contributed by atoms with E-state index < -0.39 is 0 Å². The predicted octanol–water partition coefficient (Wildman–Crippen LogP) is -0.0437. The Balaban J connectivity index is 0.000000810. The van der Waals surface area contributed by atoms with E-state index in [1.54, 1.807) is 4.68 Å². The highest BCUT2D eigenvalue weighted by molar-refractivity contribution is 5.85. The van der Waals surface area contributed by atoms with E-state index in [0.29, 0.717) is 0 Å². The van der Waals surface area contributed by atoms with Gasteiger partial charge in [-0.25, -0.2) is 0 Å². The summed E-state index contributed by atoms with van der Waals surface area (Å²) in [7, 11) is 3.74. The largest absolute Gasteiger partial charge is 0.314 e. The number of aromatic nitrogens is 3. The minimum absolute atomic E-state index is 0. The molecule has 1 heterocycles. The Bertz CT molecular complexity index is 186. The average molecular weight is 163 g/mol.